The van der Waals surface area contributed by atoms with Crippen LogP contribution in [0.15, 0.2) is 18.2 Å². The summed E-state index contributed by atoms with van der Waals surface area (Å²) in [6, 6.07) is 3.00. The molecule has 25 heavy (non-hydrogen) atoms. The Labute approximate surface area is 143 Å². The fourth-order valence-corrected chi connectivity index (χ4v) is 3.35. The molecule has 8 heteroatoms. The highest BCUT2D eigenvalue weighted by molar-refractivity contribution is 5.99. The highest BCUT2D eigenvalue weighted by atomic mass is 19.4. The zero-order chi connectivity index (χ0) is 18.2. The third kappa shape index (κ3) is 3.78. The lowest BCUT2D eigenvalue weighted by Crippen LogP contribution is -2.45. The van der Waals surface area contributed by atoms with Crippen molar-refractivity contribution in [2.24, 2.45) is 5.73 Å². The first-order chi connectivity index (χ1) is 11.8. The molecule has 0 bridgehead atoms. The number of amides is 2. The number of carbonyl (C=O) groups is 2. The maximum atomic E-state index is 13.3. The van der Waals surface area contributed by atoms with Crippen molar-refractivity contribution in [2.75, 3.05) is 24.5 Å². The van der Waals surface area contributed by atoms with Gasteiger partial charge in [0.25, 0.3) is 5.91 Å². The first kappa shape index (κ1) is 17.7. The molecule has 1 unspecified atom stereocenters. The van der Waals surface area contributed by atoms with Gasteiger partial charge in [0.2, 0.25) is 5.91 Å². The Kier molecular flexibility index (Phi) is 4.73. The molecule has 0 saturated carbocycles. The minimum atomic E-state index is -4.59. The lowest BCUT2D eigenvalue weighted by atomic mass is 10.0. The molecule has 2 amide bonds. The Morgan fingerprint density at radius 2 is 1.92 bits per heavy atom. The van der Waals surface area contributed by atoms with Gasteiger partial charge in [-0.25, -0.2) is 0 Å². The topological polar surface area (TPSA) is 66.6 Å². The van der Waals surface area contributed by atoms with Crippen molar-refractivity contribution in [3.8, 4) is 0 Å². The van der Waals surface area contributed by atoms with E-state index in [1.165, 1.54) is 15.9 Å². The van der Waals surface area contributed by atoms with Gasteiger partial charge in [0.1, 0.15) is 0 Å². The van der Waals surface area contributed by atoms with Crippen LogP contribution in [0.2, 0.25) is 0 Å². The summed E-state index contributed by atoms with van der Waals surface area (Å²) in [5.74, 6) is -0.702. The van der Waals surface area contributed by atoms with Gasteiger partial charge in [-0.15, -0.1) is 0 Å². The van der Waals surface area contributed by atoms with Crippen molar-refractivity contribution in [1.29, 1.82) is 0 Å². The molecule has 2 saturated heterocycles. The molecule has 0 aromatic heterocycles. The largest absolute Gasteiger partial charge is 0.416 e. The average Bonchev–Trinajstić information content (AvgIpc) is 2.99. The number of anilines is 1. The Bertz CT molecular complexity index is 690. The number of nitrogens with two attached hydrogens (primary N) is 1. The number of alkyl halides is 3. The van der Waals surface area contributed by atoms with Crippen LogP contribution in [0.5, 0.6) is 0 Å². The number of hydrogen-bond acceptors (Lipinski definition) is 3. The minimum absolute atomic E-state index is 0.0568. The van der Waals surface area contributed by atoms with Gasteiger partial charge in [-0.1, -0.05) is 0 Å². The molecule has 0 aliphatic carbocycles. The maximum absolute atomic E-state index is 13.3. The van der Waals surface area contributed by atoms with Crippen LogP contribution in [0.1, 0.15) is 41.6 Å². The monoisotopic (exact) mass is 355 g/mol. The van der Waals surface area contributed by atoms with E-state index in [0.29, 0.717) is 32.5 Å². The van der Waals surface area contributed by atoms with Crippen molar-refractivity contribution in [3.05, 3.63) is 29.3 Å². The molecule has 1 aromatic rings. The normalized spacial score (nSPS) is 21.8. The van der Waals surface area contributed by atoms with E-state index in [4.69, 9.17) is 5.73 Å². The van der Waals surface area contributed by atoms with Gasteiger partial charge < -0.3 is 15.5 Å². The third-order valence-corrected chi connectivity index (χ3v) is 4.62. The first-order valence-electron chi connectivity index (χ1n) is 8.33. The molecule has 1 aromatic carbocycles. The first-order valence-corrected chi connectivity index (χ1v) is 8.33. The number of piperidine rings is 1. The zero-order valence-corrected chi connectivity index (χ0v) is 13.7. The molecule has 3 rings (SSSR count). The fraction of sp³-hybridized carbons (Fsp3) is 0.529. The standard InChI is InChI=1S/C17H20F3N3O2/c18-17(19,20)12-7-11(16(25)22-5-1-3-13(21)10-22)8-14(9-12)23-6-2-4-15(23)24/h7-9,13H,1-6,10,21H2. The van der Waals surface area contributed by atoms with E-state index in [0.717, 1.165) is 25.0 Å². The summed E-state index contributed by atoms with van der Waals surface area (Å²) >= 11 is 0. The number of carbonyl (C=O) groups excluding carboxylic acids is 2. The van der Waals surface area contributed by atoms with Crippen molar-refractivity contribution >= 4 is 17.5 Å². The Hall–Kier alpha value is -2.09. The summed E-state index contributed by atoms with van der Waals surface area (Å²) < 4.78 is 39.8. The molecular weight excluding hydrogens is 335 g/mol. The van der Waals surface area contributed by atoms with E-state index >= 15 is 0 Å². The number of nitrogens with zero attached hydrogens (tertiary/aromatic N) is 2. The van der Waals surface area contributed by atoms with Gasteiger partial charge >= 0.3 is 6.18 Å². The minimum Gasteiger partial charge on any atom is -0.337 e. The van der Waals surface area contributed by atoms with E-state index in [-0.39, 0.29) is 23.2 Å². The highest BCUT2D eigenvalue weighted by Crippen LogP contribution is 2.34. The number of likely N-dealkylation sites (tertiary alicyclic amines) is 1. The van der Waals surface area contributed by atoms with Gasteiger partial charge in [-0.2, -0.15) is 13.2 Å². The van der Waals surface area contributed by atoms with Gasteiger partial charge in [0.05, 0.1) is 5.56 Å². The SMILES string of the molecule is NC1CCCN(C(=O)c2cc(N3CCCC3=O)cc(C(F)(F)F)c2)C1. The molecule has 2 aliphatic heterocycles. The van der Waals surface area contributed by atoms with Crippen molar-refractivity contribution in [3.63, 3.8) is 0 Å². The number of halogens is 3. The Balaban J connectivity index is 1.97. The quantitative estimate of drug-likeness (QED) is 0.886. The second-order valence-corrected chi connectivity index (χ2v) is 6.57. The second kappa shape index (κ2) is 6.67. The van der Waals surface area contributed by atoms with Crippen LogP contribution in [-0.4, -0.2) is 42.4 Å². The molecule has 5 nitrogen and oxygen atoms in total. The second-order valence-electron chi connectivity index (χ2n) is 6.57. The molecule has 136 valence electrons. The van der Waals surface area contributed by atoms with E-state index in [2.05, 4.69) is 0 Å². The van der Waals surface area contributed by atoms with Crippen LogP contribution in [0.3, 0.4) is 0 Å². The summed E-state index contributed by atoms with van der Waals surface area (Å²) in [4.78, 5) is 27.4. The van der Waals surface area contributed by atoms with Crippen LogP contribution in [0.4, 0.5) is 18.9 Å². The number of rotatable bonds is 2. The van der Waals surface area contributed by atoms with Crippen molar-refractivity contribution < 1.29 is 22.8 Å². The third-order valence-electron chi connectivity index (χ3n) is 4.62. The summed E-state index contributed by atoms with van der Waals surface area (Å²) in [6.07, 6.45) is -2.17. The predicted octanol–water partition coefficient (Wildman–Crippen LogP) is 2.40. The van der Waals surface area contributed by atoms with E-state index in [1.54, 1.807) is 0 Å². The van der Waals surface area contributed by atoms with Crippen LogP contribution in [0.25, 0.3) is 0 Å². The summed E-state index contributed by atoms with van der Waals surface area (Å²) in [5, 5.41) is 0. The van der Waals surface area contributed by atoms with Crippen LogP contribution >= 0.6 is 0 Å². The molecule has 2 aliphatic rings. The Morgan fingerprint density at radius 3 is 2.52 bits per heavy atom. The van der Waals surface area contributed by atoms with Gasteiger partial charge in [-0.05, 0) is 37.5 Å². The predicted molar refractivity (Wildman–Crippen MR) is 86.1 cm³/mol. The molecule has 0 spiro atoms. The van der Waals surface area contributed by atoms with E-state index in [1.807, 2.05) is 0 Å². The lowest BCUT2D eigenvalue weighted by molar-refractivity contribution is -0.137. The Morgan fingerprint density at radius 1 is 1.16 bits per heavy atom. The van der Waals surface area contributed by atoms with Crippen LogP contribution in [-0.2, 0) is 11.0 Å². The molecular formula is C17H20F3N3O2. The number of benzene rings is 1. The summed E-state index contributed by atoms with van der Waals surface area (Å²) in [7, 11) is 0. The van der Waals surface area contributed by atoms with Gasteiger partial charge in [0, 0.05) is 43.3 Å². The number of hydrogen-bond donors (Lipinski definition) is 1. The molecule has 2 heterocycles. The molecule has 1 atom stereocenters. The summed E-state index contributed by atoms with van der Waals surface area (Å²) in [5.41, 5.74) is 5.01. The zero-order valence-electron chi connectivity index (χ0n) is 13.7. The van der Waals surface area contributed by atoms with Crippen molar-refractivity contribution in [2.45, 2.75) is 37.9 Å². The summed E-state index contributed by atoms with van der Waals surface area (Å²) in [6.45, 7) is 1.16. The van der Waals surface area contributed by atoms with Crippen LogP contribution in [0, 0.1) is 0 Å². The van der Waals surface area contributed by atoms with Gasteiger partial charge in [-0.3, -0.25) is 9.59 Å². The molecule has 2 fully saturated rings. The fourth-order valence-electron chi connectivity index (χ4n) is 3.35. The van der Waals surface area contributed by atoms with E-state index < -0.39 is 17.6 Å². The van der Waals surface area contributed by atoms with E-state index in [9.17, 15) is 22.8 Å². The smallest absolute Gasteiger partial charge is 0.337 e. The average molecular weight is 355 g/mol. The highest BCUT2D eigenvalue weighted by Gasteiger charge is 2.34. The molecule has 0 radical (unpaired) electrons. The van der Waals surface area contributed by atoms with Crippen LogP contribution < -0.4 is 10.6 Å². The molecule has 2 N–H and O–H groups in total. The maximum Gasteiger partial charge on any atom is 0.416 e. The van der Waals surface area contributed by atoms with Gasteiger partial charge in [0.15, 0.2) is 0 Å². The van der Waals surface area contributed by atoms with Crippen molar-refractivity contribution in [1.82, 2.24) is 4.90 Å². The lowest BCUT2D eigenvalue weighted by Gasteiger charge is -2.31.